The van der Waals surface area contributed by atoms with Crippen molar-refractivity contribution in [3.05, 3.63) is 71.1 Å². The summed E-state index contributed by atoms with van der Waals surface area (Å²) in [6.45, 7) is 2.32. The third-order valence-electron chi connectivity index (χ3n) is 9.54. The Morgan fingerprint density at radius 1 is 1.21 bits per heavy atom. The third-order valence-corrected chi connectivity index (χ3v) is 9.54. The van der Waals surface area contributed by atoms with Gasteiger partial charge in [-0.05, 0) is 48.4 Å². The standard InChI is InChI=1S/C32H37F3N4O4/c1-42-28-19-43-12-10-27(28)37-25-14-24-18-39(29(40)8-7-21-5-3-2-4-6-21)20-31(24,15-25)30(41)38-11-9-26-22(17-38)13-23(16-36-26)32(33,34)35/h2-8,13,16,24-25,27-28,37H,9-12,14-15,17-20H2,1H3/b8-7+/t24-,25+,27?,28?,31-/m1/s1. The zero-order chi connectivity index (χ0) is 30.2. The summed E-state index contributed by atoms with van der Waals surface area (Å²) in [6, 6.07) is 10.8. The Morgan fingerprint density at radius 3 is 2.79 bits per heavy atom. The van der Waals surface area contributed by atoms with Gasteiger partial charge in [0.05, 0.1) is 23.7 Å². The second-order valence-electron chi connectivity index (χ2n) is 12.2. The maximum atomic E-state index is 14.5. The lowest BCUT2D eigenvalue weighted by Crippen LogP contribution is -2.52. The molecule has 1 N–H and O–H groups in total. The molecule has 43 heavy (non-hydrogen) atoms. The van der Waals surface area contributed by atoms with Crippen molar-refractivity contribution in [2.75, 3.05) is 40.0 Å². The molecule has 3 fully saturated rings. The molecule has 2 aromatic rings. The number of hydrogen-bond acceptors (Lipinski definition) is 6. The molecule has 2 amide bonds. The van der Waals surface area contributed by atoms with Crippen LogP contribution in [0.1, 0.15) is 41.6 Å². The highest BCUT2D eigenvalue weighted by atomic mass is 19.4. The first kappa shape index (κ1) is 29.8. The van der Waals surface area contributed by atoms with Gasteiger partial charge in [-0.15, -0.1) is 0 Å². The van der Waals surface area contributed by atoms with Gasteiger partial charge in [0, 0.05) is 76.4 Å². The van der Waals surface area contributed by atoms with Crippen molar-refractivity contribution in [1.29, 1.82) is 0 Å². The number of ether oxygens (including phenoxy) is 2. The number of alkyl halides is 3. The summed E-state index contributed by atoms with van der Waals surface area (Å²) in [5.74, 6) is -0.322. The van der Waals surface area contributed by atoms with Gasteiger partial charge in [-0.3, -0.25) is 14.6 Å². The predicted octanol–water partition coefficient (Wildman–Crippen LogP) is 3.70. The van der Waals surface area contributed by atoms with Crippen LogP contribution in [0.25, 0.3) is 6.08 Å². The molecule has 0 bridgehead atoms. The number of pyridine rings is 1. The van der Waals surface area contributed by atoms with Crippen LogP contribution in [0.3, 0.4) is 0 Å². The molecule has 6 rings (SSSR count). The molecular weight excluding hydrogens is 561 g/mol. The average Bonchev–Trinajstić information content (AvgIpc) is 3.54. The summed E-state index contributed by atoms with van der Waals surface area (Å²) < 4.78 is 51.5. The number of amides is 2. The first-order chi connectivity index (χ1) is 20.7. The lowest BCUT2D eigenvalue weighted by Gasteiger charge is -2.37. The molecule has 1 aliphatic carbocycles. The smallest absolute Gasteiger partial charge is 0.379 e. The first-order valence-corrected chi connectivity index (χ1v) is 14.9. The number of fused-ring (bicyclic) bond motifs is 2. The Hall–Kier alpha value is -3.28. The minimum absolute atomic E-state index is 0.0439. The third kappa shape index (κ3) is 6.07. The Morgan fingerprint density at radius 2 is 2.02 bits per heavy atom. The van der Waals surface area contributed by atoms with Gasteiger partial charge in [-0.25, -0.2) is 0 Å². The van der Waals surface area contributed by atoms with Crippen molar-refractivity contribution in [2.24, 2.45) is 11.3 Å². The highest BCUT2D eigenvalue weighted by molar-refractivity contribution is 5.93. The molecule has 1 aromatic heterocycles. The van der Waals surface area contributed by atoms with Crippen LogP contribution >= 0.6 is 0 Å². The summed E-state index contributed by atoms with van der Waals surface area (Å²) in [6.07, 6.45) is 2.05. The summed E-state index contributed by atoms with van der Waals surface area (Å²) in [5, 5.41) is 3.73. The van der Waals surface area contributed by atoms with Crippen molar-refractivity contribution in [1.82, 2.24) is 20.1 Å². The first-order valence-electron chi connectivity index (χ1n) is 14.9. The second kappa shape index (κ2) is 12.0. The number of nitrogens with one attached hydrogen (secondary N) is 1. The number of hydrogen-bond donors (Lipinski definition) is 1. The fourth-order valence-electron chi connectivity index (χ4n) is 7.34. The number of rotatable bonds is 6. The van der Waals surface area contributed by atoms with Crippen molar-refractivity contribution in [3.63, 3.8) is 0 Å². The van der Waals surface area contributed by atoms with Crippen LogP contribution in [0.2, 0.25) is 0 Å². The highest BCUT2D eigenvalue weighted by Crippen LogP contribution is 2.51. The van der Waals surface area contributed by atoms with Crippen molar-refractivity contribution in [2.45, 2.75) is 56.6 Å². The molecule has 3 aliphatic heterocycles. The SMILES string of the molecule is COC1COCCC1N[C@H]1C[C@@H]2CN(C(=O)/C=C/c3ccccc3)C[C@]2(C(=O)N2CCc3ncc(C(F)(F)F)cc3C2)C1. The molecule has 2 saturated heterocycles. The summed E-state index contributed by atoms with van der Waals surface area (Å²) >= 11 is 0. The zero-order valence-electron chi connectivity index (χ0n) is 24.2. The van der Waals surface area contributed by atoms with E-state index in [1.54, 1.807) is 29.1 Å². The molecule has 4 heterocycles. The normalized spacial score (nSPS) is 29.1. The molecule has 5 atom stereocenters. The van der Waals surface area contributed by atoms with E-state index in [2.05, 4.69) is 10.3 Å². The van der Waals surface area contributed by atoms with Crippen molar-refractivity contribution in [3.8, 4) is 0 Å². The van der Waals surface area contributed by atoms with Crippen LogP contribution in [0, 0.1) is 11.3 Å². The molecule has 1 saturated carbocycles. The monoisotopic (exact) mass is 598 g/mol. The molecule has 0 spiro atoms. The number of nitrogens with zero attached hydrogens (tertiary/aromatic N) is 3. The Labute approximate surface area is 249 Å². The minimum atomic E-state index is -4.51. The number of halogens is 3. The lowest BCUT2D eigenvalue weighted by molar-refractivity contribution is -0.144. The molecule has 0 radical (unpaired) electrons. The Bertz CT molecular complexity index is 1370. The van der Waals surface area contributed by atoms with Crippen LogP contribution in [0.15, 0.2) is 48.7 Å². The van der Waals surface area contributed by atoms with E-state index in [9.17, 15) is 22.8 Å². The van der Waals surface area contributed by atoms with E-state index < -0.39 is 17.2 Å². The van der Waals surface area contributed by atoms with E-state index in [0.29, 0.717) is 50.4 Å². The van der Waals surface area contributed by atoms with E-state index in [4.69, 9.17) is 9.47 Å². The Kier molecular flexibility index (Phi) is 8.32. The molecule has 230 valence electrons. The van der Waals surface area contributed by atoms with Gasteiger partial charge in [-0.1, -0.05) is 30.3 Å². The maximum Gasteiger partial charge on any atom is 0.417 e. The van der Waals surface area contributed by atoms with Crippen molar-refractivity contribution >= 4 is 17.9 Å². The maximum absolute atomic E-state index is 14.5. The van der Waals surface area contributed by atoms with Crippen molar-refractivity contribution < 1.29 is 32.2 Å². The topological polar surface area (TPSA) is 84.0 Å². The highest BCUT2D eigenvalue weighted by Gasteiger charge is 2.59. The number of carbonyl (C=O) groups is 2. The van der Waals surface area contributed by atoms with Crippen LogP contribution in [-0.4, -0.2) is 84.7 Å². The molecular formula is C32H37F3N4O4. The number of methoxy groups -OCH3 is 1. The van der Waals surface area contributed by atoms with E-state index in [1.165, 1.54) is 0 Å². The van der Waals surface area contributed by atoms with Crippen LogP contribution < -0.4 is 5.32 Å². The summed E-state index contributed by atoms with van der Waals surface area (Å²) in [4.78, 5) is 35.3. The number of carbonyl (C=O) groups excluding carboxylic acids is 2. The summed E-state index contributed by atoms with van der Waals surface area (Å²) in [7, 11) is 1.67. The molecule has 1 aromatic carbocycles. The van der Waals surface area contributed by atoms with E-state index in [1.807, 2.05) is 30.3 Å². The number of likely N-dealkylation sites (tertiary alicyclic amines) is 1. The van der Waals surface area contributed by atoms with Gasteiger partial charge in [0.25, 0.3) is 0 Å². The molecule has 11 heteroatoms. The van der Waals surface area contributed by atoms with Gasteiger partial charge in [0.2, 0.25) is 11.8 Å². The summed E-state index contributed by atoms with van der Waals surface area (Å²) in [5.41, 5.74) is 0.296. The van der Waals surface area contributed by atoms with E-state index in [0.717, 1.165) is 30.7 Å². The van der Waals surface area contributed by atoms with Crippen LogP contribution in [0.4, 0.5) is 13.2 Å². The van der Waals surface area contributed by atoms with Crippen LogP contribution in [0.5, 0.6) is 0 Å². The minimum Gasteiger partial charge on any atom is -0.379 e. The largest absolute Gasteiger partial charge is 0.417 e. The predicted molar refractivity (Wildman–Crippen MR) is 153 cm³/mol. The quantitative estimate of drug-likeness (QED) is 0.511. The van der Waals surface area contributed by atoms with Gasteiger partial charge >= 0.3 is 6.18 Å². The average molecular weight is 599 g/mol. The second-order valence-corrected chi connectivity index (χ2v) is 12.2. The molecule has 8 nitrogen and oxygen atoms in total. The molecule has 2 unspecified atom stereocenters. The Balaban J connectivity index is 1.23. The lowest BCUT2D eigenvalue weighted by atomic mass is 9.78. The number of aromatic nitrogens is 1. The van der Waals surface area contributed by atoms with E-state index >= 15 is 0 Å². The molecule has 4 aliphatic rings. The van der Waals surface area contributed by atoms with E-state index in [-0.39, 0.29) is 49.0 Å². The van der Waals surface area contributed by atoms with Crippen LogP contribution in [-0.2, 0) is 38.2 Å². The fraction of sp³-hybridized carbons (Fsp3) is 0.531. The van der Waals surface area contributed by atoms with Gasteiger partial charge in [0.1, 0.15) is 0 Å². The fourth-order valence-corrected chi connectivity index (χ4v) is 7.34. The van der Waals surface area contributed by atoms with Gasteiger partial charge < -0.3 is 24.6 Å². The van der Waals surface area contributed by atoms with Gasteiger partial charge in [-0.2, -0.15) is 13.2 Å². The zero-order valence-corrected chi connectivity index (χ0v) is 24.2. The number of benzene rings is 1. The van der Waals surface area contributed by atoms with Gasteiger partial charge in [0.15, 0.2) is 0 Å².